The van der Waals surface area contributed by atoms with E-state index in [1.165, 1.54) is 6.92 Å². The SMILES string of the molecule is CC.CCc1cc(N)c(O)c2c(F)c(F)c(F)c(OC(O)(O)F)c12. The molecule has 24 heavy (non-hydrogen) atoms. The number of rotatable bonds is 3. The first kappa shape index (κ1) is 19.8. The average molecular weight is 351 g/mol. The maximum Gasteiger partial charge on any atom is 0.492 e. The molecule has 0 radical (unpaired) electrons. The maximum atomic E-state index is 13.9. The maximum absolute atomic E-state index is 13.9. The number of halogens is 4. The zero-order chi connectivity index (χ0) is 18.8. The van der Waals surface area contributed by atoms with Crippen molar-refractivity contribution in [2.24, 2.45) is 0 Å². The van der Waals surface area contributed by atoms with Crippen LogP contribution < -0.4 is 10.5 Å². The predicted molar refractivity (Wildman–Crippen MR) is 79.5 cm³/mol. The molecule has 0 heterocycles. The molecule has 9 heteroatoms. The van der Waals surface area contributed by atoms with Gasteiger partial charge in [-0.25, -0.2) is 8.78 Å². The van der Waals surface area contributed by atoms with E-state index in [1.54, 1.807) is 0 Å². The first-order valence-electron chi connectivity index (χ1n) is 7.01. The van der Waals surface area contributed by atoms with E-state index in [0.717, 1.165) is 6.07 Å². The van der Waals surface area contributed by atoms with Crippen molar-refractivity contribution in [3.63, 3.8) is 0 Å². The number of aliphatic hydroxyl groups is 2. The second kappa shape index (κ2) is 7.10. The summed E-state index contributed by atoms with van der Waals surface area (Å²) < 4.78 is 58.1. The van der Waals surface area contributed by atoms with Gasteiger partial charge in [-0.2, -0.15) is 4.39 Å². The summed E-state index contributed by atoms with van der Waals surface area (Å²) in [5, 5.41) is 25.6. The lowest BCUT2D eigenvalue weighted by Crippen LogP contribution is -2.30. The Morgan fingerprint density at radius 1 is 1.08 bits per heavy atom. The van der Waals surface area contributed by atoms with Crippen molar-refractivity contribution in [3.8, 4) is 11.5 Å². The molecule has 0 saturated heterocycles. The summed E-state index contributed by atoms with van der Waals surface area (Å²) in [4.78, 5) is 0. The largest absolute Gasteiger partial charge is 0.505 e. The fraction of sp³-hybridized carbons (Fsp3) is 0.333. The number of phenols is 1. The molecule has 0 amide bonds. The molecule has 0 spiro atoms. The van der Waals surface area contributed by atoms with Gasteiger partial charge in [0.25, 0.3) is 0 Å². The number of nitrogen functional groups attached to an aromatic ring is 1. The van der Waals surface area contributed by atoms with E-state index in [1.807, 2.05) is 13.8 Å². The summed E-state index contributed by atoms with van der Waals surface area (Å²) in [7, 11) is 0. The minimum Gasteiger partial charge on any atom is -0.505 e. The topological polar surface area (TPSA) is 95.9 Å². The van der Waals surface area contributed by atoms with Crippen LogP contribution in [0, 0.1) is 17.5 Å². The lowest BCUT2D eigenvalue weighted by atomic mass is 9.98. The highest BCUT2D eigenvalue weighted by molar-refractivity contribution is 5.99. The number of phenolic OH excluding ortho intramolecular Hbond substituents is 1. The zero-order valence-corrected chi connectivity index (χ0v) is 13.1. The van der Waals surface area contributed by atoms with Crippen LogP contribution in [0.25, 0.3) is 10.8 Å². The van der Waals surface area contributed by atoms with Crippen molar-refractivity contribution in [1.29, 1.82) is 0 Å². The van der Waals surface area contributed by atoms with Gasteiger partial charge < -0.3 is 25.8 Å². The van der Waals surface area contributed by atoms with Crippen molar-refractivity contribution in [2.75, 3.05) is 5.73 Å². The molecule has 2 aromatic carbocycles. The molecule has 5 nitrogen and oxygen atoms in total. The predicted octanol–water partition coefficient (Wildman–Crippen LogP) is 3.08. The summed E-state index contributed by atoms with van der Waals surface area (Å²) in [6.07, 6.45) is -4.24. The number of hydrogen-bond donors (Lipinski definition) is 4. The fourth-order valence-electron chi connectivity index (χ4n) is 2.14. The van der Waals surface area contributed by atoms with Gasteiger partial charge in [-0.1, -0.05) is 20.8 Å². The van der Waals surface area contributed by atoms with E-state index in [0.29, 0.717) is 0 Å². The third-order valence-corrected chi connectivity index (χ3v) is 3.06. The Morgan fingerprint density at radius 3 is 2.08 bits per heavy atom. The van der Waals surface area contributed by atoms with E-state index < -0.39 is 46.0 Å². The summed E-state index contributed by atoms with van der Waals surface area (Å²) in [5.74, 6) is -8.04. The molecule has 0 aliphatic rings. The van der Waals surface area contributed by atoms with Crippen LogP contribution in [0.1, 0.15) is 26.3 Å². The van der Waals surface area contributed by atoms with Crippen LogP contribution in [0.4, 0.5) is 23.2 Å². The van der Waals surface area contributed by atoms with Gasteiger partial charge in [0.2, 0.25) is 5.82 Å². The lowest BCUT2D eigenvalue weighted by Gasteiger charge is -2.19. The molecule has 0 unspecified atom stereocenters. The number of nitrogens with two attached hydrogens (primary N) is 1. The van der Waals surface area contributed by atoms with Crippen LogP contribution in [-0.2, 0) is 6.42 Å². The second-order valence-electron chi connectivity index (χ2n) is 4.48. The first-order chi connectivity index (χ1) is 11.1. The number of fused-ring (bicyclic) bond motifs is 1. The molecule has 0 bridgehead atoms. The molecule has 2 aromatic rings. The van der Waals surface area contributed by atoms with Crippen LogP contribution in [0.5, 0.6) is 11.5 Å². The van der Waals surface area contributed by atoms with Crippen molar-refractivity contribution >= 4 is 16.5 Å². The van der Waals surface area contributed by atoms with Gasteiger partial charge in [0.05, 0.1) is 11.1 Å². The summed E-state index contributed by atoms with van der Waals surface area (Å²) in [6, 6.07) is 1.12. The fourth-order valence-corrected chi connectivity index (χ4v) is 2.14. The third-order valence-electron chi connectivity index (χ3n) is 3.06. The monoisotopic (exact) mass is 351 g/mol. The van der Waals surface area contributed by atoms with Crippen LogP contribution in [0.15, 0.2) is 6.07 Å². The summed E-state index contributed by atoms with van der Waals surface area (Å²) in [6.45, 7) is 5.54. The average Bonchev–Trinajstić information content (AvgIpc) is 2.52. The second-order valence-corrected chi connectivity index (χ2v) is 4.48. The minimum absolute atomic E-state index is 0.0716. The number of anilines is 1. The van der Waals surface area contributed by atoms with Crippen LogP contribution >= 0.6 is 0 Å². The van der Waals surface area contributed by atoms with Crippen molar-refractivity contribution < 1.29 is 37.6 Å². The Balaban J connectivity index is 0.00000139. The number of benzene rings is 2. The summed E-state index contributed by atoms with van der Waals surface area (Å²) >= 11 is 0. The highest BCUT2D eigenvalue weighted by Gasteiger charge is 2.32. The van der Waals surface area contributed by atoms with Gasteiger partial charge in [-0.05, 0) is 18.1 Å². The van der Waals surface area contributed by atoms with E-state index >= 15 is 0 Å². The number of aryl methyl sites for hydroxylation is 1. The number of hydrogen-bond acceptors (Lipinski definition) is 5. The lowest BCUT2D eigenvalue weighted by molar-refractivity contribution is -0.375. The van der Waals surface area contributed by atoms with Gasteiger partial charge in [0.1, 0.15) is 5.75 Å². The molecule has 0 fully saturated rings. The zero-order valence-electron chi connectivity index (χ0n) is 13.1. The van der Waals surface area contributed by atoms with Crippen molar-refractivity contribution in [2.45, 2.75) is 33.4 Å². The van der Waals surface area contributed by atoms with E-state index in [-0.39, 0.29) is 17.7 Å². The highest BCUT2D eigenvalue weighted by atomic mass is 19.2. The van der Waals surface area contributed by atoms with Gasteiger partial charge in [-0.15, -0.1) is 4.39 Å². The third kappa shape index (κ3) is 3.46. The van der Waals surface area contributed by atoms with Gasteiger partial charge in [0.15, 0.2) is 17.4 Å². The standard InChI is InChI=1S/C13H11F4NO4.C2H6/c1-2-4-3-5(18)11(19)7-6(4)12(22-13(17,20)21)10(16)9(15)8(7)14;1-2/h3,19-21H,2,18H2,1H3;1-2H3. The Kier molecular flexibility index (Phi) is 5.85. The molecule has 5 N–H and O–H groups in total. The van der Waals surface area contributed by atoms with Crippen LogP contribution in [0.2, 0.25) is 0 Å². The van der Waals surface area contributed by atoms with Gasteiger partial charge >= 0.3 is 6.23 Å². The number of ether oxygens (including phenoxy) is 1. The number of alkyl halides is 1. The Bertz CT molecular complexity index is 760. The molecule has 0 aliphatic carbocycles. The Hall–Kier alpha value is -2.26. The van der Waals surface area contributed by atoms with E-state index in [4.69, 9.17) is 15.9 Å². The highest BCUT2D eigenvalue weighted by Crippen LogP contribution is 2.43. The van der Waals surface area contributed by atoms with Crippen LogP contribution in [-0.4, -0.2) is 21.5 Å². The molecular weight excluding hydrogens is 334 g/mol. The quantitative estimate of drug-likeness (QED) is 0.224. The van der Waals surface area contributed by atoms with Crippen molar-refractivity contribution in [3.05, 3.63) is 29.1 Å². The minimum atomic E-state index is -4.33. The number of aromatic hydroxyl groups is 1. The first-order valence-corrected chi connectivity index (χ1v) is 7.01. The van der Waals surface area contributed by atoms with Gasteiger partial charge in [0, 0.05) is 5.39 Å². The van der Waals surface area contributed by atoms with E-state index in [9.17, 15) is 22.7 Å². The van der Waals surface area contributed by atoms with Gasteiger partial charge in [-0.3, -0.25) is 0 Å². The molecule has 0 aliphatic heterocycles. The molecule has 2 rings (SSSR count). The molecule has 0 saturated carbocycles. The van der Waals surface area contributed by atoms with E-state index in [2.05, 4.69) is 4.74 Å². The smallest absolute Gasteiger partial charge is 0.492 e. The summed E-state index contributed by atoms with van der Waals surface area (Å²) in [5.41, 5.74) is 5.20. The Labute approximate surface area is 134 Å². The molecule has 0 atom stereocenters. The molecular formula is C15H17F4NO4. The van der Waals surface area contributed by atoms with Crippen LogP contribution in [0.3, 0.4) is 0 Å². The normalized spacial score (nSPS) is 11.2. The Morgan fingerprint density at radius 2 is 1.62 bits per heavy atom. The van der Waals surface area contributed by atoms with Crippen molar-refractivity contribution in [1.82, 2.24) is 0 Å². The molecule has 134 valence electrons. The molecule has 0 aromatic heterocycles.